The van der Waals surface area contributed by atoms with Gasteiger partial charge in [-0.15, -0.1) is 0 Å². The second-order valence-electron chi connectivity index (χ2n) is 4.70. The van der Waals surface area contributed by atoms with Crippen LogP contribution in [0.2, 0.25) is 0 Å². The molecule has 1 aromatic heterocycles. The van der Waals surface area contributed by atoms with Crippen LogP contribution in [0, 0.1) is 6.92 Å². The average molecular weight is 312 g/mol. The summed E-state index contributed by atoms with van der Waals surface area (Å²) in [5.41, 5.74) is 1.01. The molecular weight excluding hydrogens is 294 g/mol. The number of rotatable bonds is 2. The third kappa shape index (κ3) is 3.22. The van der Waals surface area contributed by atoms with E-state index in [4.69, 9.17) is 0 Å². The summed E-state index contributed by atoms with van der Waals surface area (Å²) in [4.78, 5) is 17.9. The van der Waals surface area contributed by atoms with Crippen molar-refractivity contribution >= 4 is 27.7 Å². The van der Waals surface area contributed by atoms with Crippen LogP contribution in [-0.2, 0) is 4.79 Å². The number of nitrogens with zero attached hydrogens (tertiary/aromatic N) is 2. The first-order chi connectivity index (χ1) is 8.56. The van der Waals surface area contributed by atoms with E-state index in [2.05, 4.69) is 31.1 Å². The van der Waals surface area contributed by atoms with Gasteiger partial charge in [0.15, 0.2) is 0 Å². The van der Waals surface area contributed by atoms with Gasteiger partial charge in [-0.2, -0.15) is 0 Å². The molecule has 2 rings (SSSR count). The number of hydrogen-bond acceptors (Lipinski definition) is 3. The Morgan fingerprint density at radius 2 is 2.11 bits per heavy atom. The Bertz CT molecular complexity index is 442. The van der Waals surface area contributed by atoms with Crippen LogP contribution in [0.4, 0.5) is 5.82 Å². The lowest BCUT2D eigenvalue weighted by atomic mass is 10.1. The van der Waals surface area contributed by atoms with Crippen molar-refractivity contribution in [1.29, 1.82) is 0 Å². The molecule has 1 N–H and O–H groups in total. The van der Waals surface area contributed by atoms with Gasteiger partial charge in [0, 0.05) is 30.5 Å². The minimum absolute atomic E-state index is 0.0612. The Balaban J connectivity index is 1.96. The van der Waals surface area contributed by atoms with Crippen LogP contribution >= 0.6 is 15.9 Å². The van der Waals surface area contributed by atoms with Crippen molar-refractivity contribution in [3.63, 3.8) is 0 Å². The number of anilines is 1. The molecule has 1 amide bonds. The maximum atomic E-state index is 11.0. The molecule has 98 valence electrons. The number of amides is 1. The molecule has 1 saturated heterocycles. The molecule has 1 aliphatic heterocycles. The predicted octanol–water partition coefficient (Wildman–Crippen LogP) is 2.26. The molecule has 0 saturated carbocycles. The van der Waals surface area contributed by atoms with Crippen LogP contribution in [0.5, 0.6) is 0 Å². The first-order valence-electron chi connectivity index (χ1n) is 6.21. The van der Waals surface area contributed by atoms with Gasteiger partial charge in [0.05, 0.1) is 5.69 Å². The fraction of sp³-hybridized carbons (Fsp3) is 0.538. The highest BCUT2D eigenvalue weighted by Crippen LogP contribution is 2.22. The largest absolute Gasteiger partial charge is 0.356 e. The Hall–Kier alpha value is -1.10. The summed E-state index contributed by atoms with van der Waals surface area (Å²) in [7, 11) is 0. The summed E-state index contributed by atoms with van der Waals surface area (Å²) in [5, 5.41) is 2.98. The second kappa shape index (κ2) is 5.69. The lowest BCUT2D eigenvalue weighted by Crippen LogP contribution is -2.44. The molecule has 4 nitrogen and oxygen atoms in total. The lowest BCUT2D eigenvalue weighted by Gasteiger charge is -2.33. The van der Waals surface area contributed by atoms with Crippen molar-refractivity contribution in [2.45, 2.75) is 32.7 Å². The van der Waals surface area contributed by atoms with Crippen LogP contribution in [-0.4, -0.2) is 30.0 Å². The van der Waals surface area contributed by atoms with Crippen molar-refractivity contribution in [2.24, 2.45) is 0 Å². The van der Waals surface area contributed by atoms with E-state index in [9.17, 15) is 4.79 Å². The smallest absolute Gasteiger partial charge is 0.217 e. The molecule has 0 unspecified atom stereocenters. The standard InChI is InChI=1S/C13H18BrN3O/c1-9-12(14)3-4-13(15-9)17-7-5-11(6-8-17)16-10(2)18/h3-4,11H,5-8H2,1-2H3,(H,16,18). The SMILES string of the molecule is CC(=O)NC1CCN(c2ccc(Br)c(C)n2)CC1. The van der Waals surface area contributed by atoms with E-state index >= 15 is 0 Å². The molecule has 1 aliphatic rings. The third-order valence-electron chi connectivity index (χ3n) is 3.23. The average Bonchev–Trinajstić information content (AvgIpc) is 2.33. The van der Waals surface area contributed by atoms with Gasteiger partial charge in [-0.05, 0) is 47.8 Å². The van der Waals surface area contributed by atoms with Gasteiger partial charge in [-0.25, -0.2) is 4.98 Å². The number of aromatic nitrogens is 1. The molecule has 0 spiro atoms. The van der Waals surface area contributed by atoms with Gasteiger partial charge in [-0.1, -0.05) is 0 Å². The monoisotopic (exact) mass is 311 g/mol. The summed E-state index contributed by atoms with van der Waals surface area (Å²) in [6.45, 7) is 5.46. The Labute approximate surface area is 116 Å². The Morgan fingerprint density at radius 3 is 2.67 bits per heavy atom. The van der Waals surface area contributed by atoms with Crippen molar-refractivity contribution in [2.75, 3.05) is 18.0 Å². The number of hydrogen-bond donors (Lipinski definition) is 1. The third-order valence-corrected chi connectivity index (χ3v) is 4.07. The van der Waals surface area contributed by atoms with Crippen LogP contribution in [0.15, 0.2) is 16.6 Å². The van der Waals surface area contributed by atoms with E-state index in [0.717, 1.165) is 41.9 Å². The molecule has 1 aromatic rings. The van der Waals surface area contributed by atoms with Crippen molar-refractivity contribution < 1.29 is 4.79 Å². The van der Waals surface area contributed by atoms with Crippen LogP contribution in [0.3, 0.4) is 0 Å². The zero-order valence-electron chi connectivity index (χ0n) is 10.7. The van der Waals surface area contributed by atoms with E-state index < -0.39 is 0 Å². The first kappa shape index (κ1) is 13.3. The highest BCUT2D eigenvalue weighted by atomic mass is 79.9. The summed E-state index contributed by atoms with van der Waals surface area (Å²) in [5.74, 6) is 1.09. The topological polar surface area (TPSA) is 45.2 Å². The Kier molecular flexibility index (Phi) is 4.22. The predicted molar refractivity (Wildman–Crippen MR) is 75.7 cm³/mol. The van der Waals surface area contributed by atoms with Gasteiger partial charge in [0.25, 0.3) is 0 Å². The highest BCUT2D eigenvalue weighted by molar-refractivity contribution is 9.10. The fourth-order valence-corrected chi connectivity index (χ4v) is 2.47. The zero-order valence-corrected chi connectivity index (χ0v) is 12.3. The van der Waals surface area contributed by atoms with Crippen LogP contribution < -0.4 is 10.2 Å². The lowest BCUT2D eigenvalue weighted by molar-refractivity contribution is -0.119. The molecule has 0 radical (unpaired) electrons. The maximum Gasteiger partial charge on any atom is 0.217 e. The molecule has 0 aliphatic carbocycles. The van der Waals surface area contributed by atoms with Crippen LogP contribution in [0.25, 0.3) is 0 Å². The summed E-state index contributed by atoms with van der Waals surface area (Å²) in [6.07, 6.45) is 1.97. The van der Waals surface area contributed by atoms with Gasteiger partial charge < -0.3 is 10.2 Å². The number of carbonyl (C=O) groups is 1. The molecule has 0 atom stereocenters. The van der Waals surface area contributed by atoms with E-state index in [-0.39, 0.29) is 5.91 Å². The second-order valence-corrected chi connectivity index (χ2v) is 5.55. The summed E-state index contributed by atoms with van der Waals surface area (Å²) in [6, 6.07) is 4.39. The first-order valence-corrected chi connectivity index (χ1v) is 7.01. The van der Waals surface area contributed by atoms with Crippen LogP contribution in [0.1, 0.15) is 25.5 Å². The molecular formula is C13H18BrN3O. The van der Waals surface area contributed by atoms with E-state index in [1.54, 1.807) is 6.92 Å². The maximum absolute atomic E-state index is 11.0. The fourth-order valence-electron chi connectivity index (χ4n) is 2.25. The molecule has 0 aromatic carbocycles. The Morgan fingerprint density at radius 1 is 1.44 bits per heavy atom. The van der Waals surface area contributed by atoms with E-state index in [1.807, 2.05) is 19.1 Å². The van der Waals surface area contributed by atoms with Gasteiger partial charge in [0.2, 0.25) is 5.91 Å². The quantitative estimate of drug-likeness (QED) is 0.911. The number of piperidine rings is 1. The number of aryl methyl sites for hydroxylation is 1. The highest BCUT2D eigenvalue weighted by Gasteiger charge is 2.20. The minimum Gasteiger partial charge on any atom is -0.356 e. The van der Waals surface area contributed by atoms with Crippen molar-refractivity contribution in [3.05, 3.63) is 22.3 Å². The minimum atomic E-state index is 0.0612. The van der Waals surface area contributed by atoms with Crippen molar-refractivity contribution in [1.82, 2.24) is 10.3 Å². The normalized spacial score (nSPS) is 16.7. The molecule has 5 heteroatoms. The van der Waals surface area contributed by atoms with Crippen molar-refractivity contribution in [3.8, 4) is 0 Å². The molecule has 0 bridgehead atoms. The molecule has 1 fully saturated rings. The van der Waals surface area contributed by atoms with E-state index in [1.165, 1.54) is 0 Å². The number of nitrogens with one attached hydrogen (secondary N) is 1. The van der Waals surface area contributed by atoms with Gasteiger partial charge >= 0.3 is 0 Å². The number of carbonyl (C=O) groups excluding carboxylic acids is 1. The van der Waals surface area contributed by atoms with Gasteiger partial charge in [-0.3, -0.25) is 4.79 Å². The molecule has 2 heterocycles. The number of halogens is 1. The number of pyridine rings is 1. The van der Waals surface area contributed by atoms with Gasteiger partial charge in [0.1, 0.15) is 5.82 Å². The van der Waals surface area contributed by atoms with E-state index in [0.29, 0.717) is 6.04 Å². The molecule has 18 heavy (non-hydrogen) atoms. The summed E-state index contributed by atoms with van der Waals surface area (Å²) < 4.78 is 1.04. The zero-order chi connectivity index (χ0) is 13.1. The summed E-state index contributed by atoms with van der Waals surface area (Å²) >= 11 is 3.46.